The predicted octanol–water partition coefficient (Wildman–Crippen LogP) is 14.3. The first-order valence-electron chi connectivity index (χ1n) is 18.3. The Kier molecular flexibility index (Phi) is 6.62. The van der Waals surface area contributed by atoms with Gasteiger partial charge in [0.05, 0.1) is 11.0 Å². The number of hydrogen-bond donors (Lipinski definition) is 0. The minimum atomic E-state index is 1.16. The molecule has 0 unspecified atom stereocenters. The van der Waals surface area contributed by atoms with Gasteiger partial charge in [-0.1, -0.05) is 164 Å². The fourth-order valence-corrected chi connectivity index (χ4v) is 8.77. The van der Waals surface area contributed by atoms with Crippen LogP contribution in [0.25, 0.3) is 104 Å². The Bertz CT molecular complexity index is 2940. The zero-order chi connectivity index (χ0) is 34.9. The normalized spacial score (nSPS) is 11.8. The van der Waals surface area contributed by atoms with Gasteiger partial charge in [0.1, 0.15) is 0 Å². The number of hydrogen-bond acceptors (Lipinski definition) is 0. The van der Waals surface area contributed by atoms with Crippen LogP contribution in [-0.2, 0) is 0 Å². The van der Waals surface area contributed by atoms with E-state index in [1.807, 2.05) is 0 Å². The van der Waals surface area contributed by atoms with Gasteiger partial charge in [-0.3, -0.25) is 0 Å². The van der Waals surface area contributed by atoms with E-state index in [1.165, 1.54) is 98.6 Å². The van der Waals surface area contributed by atoms with Gasteiger partial charge >= 0.3 is 0 Å². The molecule has 53 heavy (non-hydrogen) atoms. The predicted molar refractivity (Wildman–Crippen MR) is 226 cm³/mol. The van der Waals surface area contributed by atoms with E-state index in [1.54, 1.807) is 0 Å². The van der Waals surface area contributed by atoms with Gasteiger partial charge in [-0.05, 0) is 113 Å². The molecule has 1 heterocycles. The molecule has 0 saturated heterocycles. The molecule has 0 amide bonds. The van der Waals surface area contributed by atoms with Crippen LogP contribution in [0.4, 0.5) is 0 Å². The second-order valence-corrected chi connectivity index (χ2v) is 14.1. The van der Waals surface area contributed by atoms with Crippen molar-refractivity contribution < 1.29 is 0 Å². The van der Waals surface area contributed by atoms with Crippen LogP contribution in [0.15, 0.2) is 200 Å². The van der Waals surface area contributed by atoms with Crippen molar-refractivity contribution in [3.05, 3.63) is 200 Å². The third kappa shape index (κ3) is 4.64. The van der Waals surface area contributed by atoms with Gasteiger partial charge in [0.15, 0.2) is 0 Å². The molecule has 0 saturated carbocycles. The molecule has 0 N–H and O–H groups in total. The Morgan fingerprint density at radius 1 is 0.264 bits per heavy atom. The lowest BCUT2D eigenvalue weighted by molar-refractivity contribution is 1.18. The summed E-state index contributed by atoms with van der Waals surface area (Å²) in [6.07, 6.45) is 0. The molecule has 10 aromatic carbocycles. The molecule has 1 aromatic heterocycles. The maximum absolute atomic E-state index is 2.48. The second-order valence-electron chi connectivity index (χ2n) is 14.1. The van der Waals surface area contributed by atoms with Crippen LogP contribution >= 0.6 is 0 Å². The highest BCUT2D eigenvalue weighted by Crippen LogP contribution is 2.45. The summed E-state index contributed by atoms with van der Waals surface area (Å²) in [5.74, 6) is 0. The van der Waals surface area contributed by atoms with Crippen molar-refractivity contribution in [2.75, 3.05) is 0 Å². The lowest BCUT2D eigenvalue weighted by atomic mass is 9.89. The van der Waals surface area contributed by atoms with Gasteiger partial charge in [-0.2, -0.15) is 0 Å². The summed E-state index contributed by atoms with van der Waals surface area (Å²) in [6.45, 7) is 0. The van der Waals surface area contributed by atoms with Gasteiger partial charge in [-0.15, -0.1) is 0 Å². The Morgan fingerprint density at radius 2 is 0.604 bits per heavy atom. The zero-order valence-corrected chi connectivity index (χ0v) is 29.0. The molecule has 11 aromatic rings. The first-order valence-corrected chi connectivity index (χ1v) is 18.3. The molecule has 0 radical (unpaired) electrons. The molecule has 1 nitrogen and oxygen atoms in total. The number of rotatable bonds is 5. The fourth-order valence-electron chi connectivity index (χ4n) is 8.77. The summed E-state index contributed by atoms with van der Waals surface area (Å²) in [5.41, 5.74) is 13.5. The second kappa shape index (κ2) is 11.8. The van der Waals surface area contributed by atoms with E-state index in [0.29, 0.717) is 0 Å². The maximum Gasteiger partial charge on any atom is 0.0553 e. The first-order chi connectivity index (χ1) is 26.3. The van der Waals surface area contributed by atoms with Crippen molar-refractivity contribution in [3.8, 4) is 50.2 Å². The van der Waals surface area contributed by atoms with Crippen LogP contribution in [0.1, 0.15) is 0 Å². The van der Waals surface area contributed by atoms with Crippen LogP contribution in [-0.4, -0.2) is 4.57 Å². The zero-order valence-electron chi connectivity index (χ0n) is 29.0. The van der Waals surface area contributed by atoms with Crippen molar-refractivity contribution >= 4 is 54.1 Å². The number of benzene rings is 10. The van der Waals surface area contributed by atoms with Crippen molar-refractivity contribution in [3.63, 3.8) is 0 Å². The highest BCUT2D eigenvalue weighted by molar-refractivity contribution is 6.26. The topological polar surface area (TPSA) is 4.93 Å². The van der Waals surface area contributed by atoms with Gasteiger partial charge in [0, 0.05) is 16.5 Å². The quantitative estimate of drug-likeness (QED) is 0.161. The molecule has 246 valence electrons. The summed E-state index contributed by atoms with van der Waals surface area (Å²) in [7, 11) is 0. The first kappa shape index (κ1) is 29.7. The molecule has 0 aliphatic rings. The average molecular weight is 672 g/mol. The van der Waals surface area contributed by atoms with E-state index in [4.69, 9.17) is 0 Å². The van der Waals surface area contributed by atoms with Gasteiger partial charge in [0.2, 0.25) is 0 Å². The van der Waals surface area contributed by atoms with Crippen molar-refractivity contribution in [1.29, 1.82) is 0 Å². The Hall–Kier alpha value is -6.96. The minimum absolute atomic E-state index is 1.16. The highest BCUT2D eigenvalue weighted by atomic mass is 15.0. The third-order valence-corrected chi connectivity index (χ3v) is 11.1. The minimum Gasteiger partial charge on any atom is -0.309 e. The lowest BCUT2D eigenvalue weighted by Crippen LogP contribution is -1.94. The van der Waals surface area contributed by atoms with Crippen LogP contribution in [0.5, 0.6) is 0 Å². The lowest BCUT2D eigenvalue weighted by Gasteiger charge is -2.14. The van der Waals surface area contributed by atoms with E-state index in [9.17, 15) is 0 Å². The average Bonchev–Trinajstić information content (AvgIpc) is 3.57. The monoisotopic (exact) mass is 671 g/mol. The molecular formula is C52H33N. The Balaban J connectivity index is 1.18. The van der Waals surface area contributed by atoms with E-state index in [-0.39, 0.29) is 0 Å². The SMILES string of the molecule is c1ccc(-c2ccc(-c3cc4ccc5cc(-c6ccc(-c7ccccc7)c7ccccc67)cc6c5c4c(c3)n6-c3ccccc3)c3ccccc23)cc1. The van der Waals surface area contributed by atoms with Crippen molar-refractivity contribution in [2.45, 2.75) is 0 Å². The Labute approximate surface area is 308 Å². The van der Waals surface area contributed by atoms with Gasteiger partial charge in [-0.25, -0.2) is 0 Å². The van der Waals surface area contributed by atoms with Crippen LogP contribution in [0, 0.1) is 0 Å². The molecule has 0 aliphatic carbocycles. The summed E-state index contributed by atoms with van der Waals surface area (Å²) in [4.78, 5) is 0. The standard InChI is InChI=1S/C52H33N/c1-4-14-34(15-5-1)41-26-28-43(47-22-12-10-20-45(41)47)38-30-36-24-25-37-31-39(33-50-52(37)51(36)49(32-38)53(50)40-18-8-3-9-19-40)44-29-27-42(35-16-6-2-7-17-35)46-21-11-13-23-48(44)46/h1-33H. The summed E-state index contributed by atoms with van der Waals surface area (Å²) in [5, 5.41) is 10.2. The molecule has 0 atom stereocenters. The van der Waals surface area contributed by atoms with E-state index in [2.05, 4.69) is 205 Å². The summed E-state index contributed by atoms with van der Waals surface area (Å²) >= 11 is 0. The fraction of sp³-hybridized carbons (Fsp3) is 0. The van der Waals surface area contributed by atoms with Gasteiger partial charge in [0.25, 0.3) is 0 Å². The smallest absolute Gasteiger partial charge is 0.0553 e. The van der Waals surface area contributed by atoms with Crippen LogP contribution < -0.4 is 0 Å². The van der Waals surface area contributed by atoms with Crippen molar-refractivity contribution in [1.82, 2.24) is 4.57 Å². The molecule has 11 rings (SSSR count). The molecule has 0 bridgehead atoms. The van der Waals surface area contributed by atoms with E-state index >= 15 is 0 Å². The van der Waals surface area contributed by atoms with Gasteiger partial charge < -0.3 is 4.57 Å². The number of para-hydroxylation sites is 1. The van der Waals surface area contributed by atoms with Crippen molar-refractivity contribution in [2.24, 2.45) is 0 Å². The molecule has 0 fully saturated rings. The highest BCUT2D eigenvalue weighted by Gasteiger charge is 2.21. The van der Waals surface area contributed by atoms with E-state index < -0.39 is 0 Å². The summed E-state index contributed by atoms with van der Waals surface area (Å²) < 4.78 is 2.48. The van der Waals surface area contributed by atoms with Crippen LogP contribution in [0.3, 0.4) is 0 Å². The molecular weight excluding hydrogens is 639 g/mol. The molecule has 1 heteroatoms. The number of fused-ring (bicyclic) bond motifs is 2. The number of nitrogens with zero attached hydrogens (tertiary/aromatic N) is 1. The molecule has 0 spiro atoms. The molecule has 0 aliphatic heterocycles. The van der Waals surface area contributed by atoms with E-state index in [0.717, 1.165) is 5.69 Å². The number of aromatic nitrogens is 1. The van der Waals surface area contributed by atoms with Crippen LogP contribution in [0.2, 0.25) is 0 Å². The summed E-state index contributed by atoms with van der Waals surface area (Å²) in [6, 6.07) is 73.5. The Morgan fingerprint density at radius 3 is 1.00 bits per heavy atom. The maximum atomic E-state index is 2.48. The largest absolute Gasteiger partial charge is 0.309 e. The third-order valence-electron chi connectivity index (χ3n) is 11.1.